The smallest absolute Gasteiger partial charge is 0.261 e. The predicted molar refractivity (Wildman–Crippen MR) is 70.4 cm³/mol. The van der Waals surface area contributed by atoms with Crippen molar-refractivity contribution >= 4 is 17.3 Å². The first-order chi connectivity index (χ1) is 8.90. The van der Waals surface area contributed by atoms with Crippen LogP contribution in [0.25, 0.3) is 0 Å². The molecule has 1 aromatic rings. The zero-order chi connectivity index (χ0) is 14.4. The van der Waals surface area contributed by atoms with Gasteiger partial charge < -0.3 is 15.8 Å². The Kier molecular flexibility index (Phi) is 5.69. The van der Waals surface area contributed by atoms with E-state index in [2.05, 4.69) is 10.1 Å². The van der Waals surface area contributed by atoms with Gasteiger partial charge in [-0.2, -0.15) is 0 Å². The monoisotopic (exact) mass is 272 g/mol. The van der Waals surface area contributed by atoms with Gasteiger partial charge >= 0.3 is 0 Å². The Morgan fingerprint density at radius 2 is 2.00 bits per heavy atom. The Balaban J connectivity index is 2.46. The number of carbonyl (C=O) groups excluding carboxylic acids is 1. The molecular weight excluding hydrogens is 254 g/mol. The van der Waals surface area contributed by atoms with Crippen LogP contribution in [0.15, 0.2) is 12.1 Å². The summed E-state index contributed by atoms with van der Waals surface area (Å²) >= 11 is 0. The molecule has 0 aliphatic heterocycles. The quantitative estimate of drug-likeness (QED) is 0.617. The number of hydrogen-bond donors (Lipinski definition) is 2. The summed E-state index contributed by atoms with van der Waals surface area (Å²) in [7, 11) is 0. The number of hydrogen-bond acceptors (Lipinski definition) is 3. The topological polar surface area (TPSA) is 64.3 Å². The number of alkyl halides is 2. The average molecular weight is 272 g/mol. The van der Waals surface area contributed by atoms with Crippen molar-refractivity contribution in [1.29, 1.82) is 0 Å². The van der Waals surface area contributed by atoms with Crippen molar-refractivity contribution < 1.29 is 18.3 Å². The lowest BCUT2D eigenvalue weighted by Crippen LogP contribution is -2.16. The van der Waals surface area contributed by atoms with Crippen LogP contribution in [0.4, 0.5) is 20.2 Å². The molecule has 19 heavy (non-hydrogen) atoms. The number of aryl methyl sites for hydroxylation is 2. The molecule has 6 heteroatoms. The number of rotatable bonds is 6. The van der Waals surface area contributed by atoms with Crippen LogP contribution in [0.5, 0.6) is 0 Å². The Bertz CT molecular complexity index is 451. The summed E-state index contributed by atoms with van der Waals surface area (Å²) in [5.41, 5.74) is 8.84. The van der Waals surface area contributed by atoms with E-state index < -0.39 is 13.0 Å². The van der Waals surface area contributed by atoms with Crippen molar-refractivity contribution in [3.8, 4) is 0 Å². The molecule has 3 N–H and O–H groups in total. The molecule has 1 aromatic carbocycles. The molecule has 0 radical (unpaired) electrons. The van der Waals surface area contributed by atoms with Gasteiger partial charge in [-0.1, -0.05) is 0 Å². The lowest BCUT2D eigenvalue weighted by molar-refractivity contribution is -0.117. The van der Waals surface area contributed by atoms with Gasteiger partial charge in [-0.15, -0.1) is 0 Å². The third-order valence-corrected chi connectivity index (χ3v) is 2.66. The molecule has 1 rings (SSSR count). The number of amides is 1. The molecule has 0 saturated carbocycles. The highest BCUT2D eigenvalue weighted by Gasteiger charge is 2.08. The first-order valence-electron chi connectivity index (χ1n) is 5.92. The van der Waals surface area contributed by atoms with Crippen LogP contribution in [0.3, 0.4) is 0 Å². The second-order valence-electron chi connectivity index (χ2n) is 4.29. The maximum Gasteiger partial charge on any atom is 0.261 e. The van der Waals surface area contributed by atoms with Crippen molar-refractivity contribution in [1.82, 2.24) is 0 Å². The van der Waals surface area contributed by atoms with Gasteiger partial charge in [0.25, 0.3) is 6.43 Å². The van der Waals surface area contributed by atoms with Gasteiger partial charge in [0.1, 0.15) is 6.61 Å². The van der Waals surface area contributed by atoms with Crippen LogP contribution in [-0.2, 0) is 9.53 Å². The van der Waals surface area contributed by atoms with Crippen molar-refractivity contribution in [2.75, 3.05) is 24.3 Å². The van der Waals surface area contributed by atoms with E-state index >= 15 is 0 Å². The van der Waals surface area contributed by atoms with Gasteiger partial charge in [0.05, 0.1) is 24.4 Å². The zero-order valence-corrected chi connectivity index (χ0v) is 11.0. The van der Waals surface area contributed by atoms with Gasteiger partial charge in [0.15, 0.2) is 0 Å². The first-order valence-corrected chi connectivity index (χ1v) is 5.92. The summed E-state index contributed by atoms with van der Waals surface area (Å²) in [6.07, 6.45) is -2.50. The molecule has 0 fully saturated rings. The molecule has 0 spiro atoms. The fraction of sp³-hybridized carbons (Fsp3) is 0.462. The van der Waals surface area contributed by atoms with E-state index in [0.29, 0.717) is 11.4 Å². The third-order valence-electron chi connectivity index (χ3n) is 2.66. The maximum atomic E-state index is 11.8. The molecule has 0 saturated heterocycles. The molecule has 0 aliphatic rings. The highest BCUT2D eigenvalue weighted by Crippen LogP contribution is 2.23. The van der Waals surface area contributed by atoms with E-state index in [1.165, 1.54) is 0 Å². The molecule has 0 atom stereocenters. The number of nitrogens with one attached hydrogen (secondary N) is 1. The van der Waals surface area contributed by atoms with E-state index in [1.807, 2.05) is 13.8 Å². The number of halogens is 2. The summed E-state index contributed by atoms with van der Waals surface area (Å²) in [5.74, 6) is -0.316. The van der Waals surface area contributed by atoms with Gasteiger partial charge in [0.2, 0.25) is 5.91 Å². The minimum absolute atomic E-state index is 0.0130. The van der Waals surface area contributed by atoms with E-state index in [0.717, 1.165) is 11.1 Å². The van der Waals surface area contributed by atoms with Gasteiger partial charge in [-0.25, -0.2) is 8.78 Å². The van der Waals surface area contributed by atoms with Gasteiger partial charge in [0, 0.05) is 0 Å². The molecule has 0 aliphatic carbocycles. The Morgan fingerprint density at radius 3 is 2.63 bits per heavy atom. The SMILES string of the molecule is Cc1cc(N)c(NC(=O)CCOCC(F)F)cc1C. The fourth-order valence-corrected chi connectivity index (χ4v) is 1.50. The summed E-state index contributed by atoms with van der Waals surface area (Å²) in [4.78, 5) is 11.6. The van der Waals surface area contributed by atoms with Crippen molar-refractivity contribution in [2.45, 2.75) is 26.7 Å². The lowest BCUT2D eigenvalue weighted by Gasteiger charge is -2.11. The molecule has 1 amide bonds. The van der Waals surface area contributed by atoms with Crippen LogP contribution in [-0.4, -0.2) is 25.5 Å². The van der Waals surface area contributed by atoms with E-state index in [1.54, 1.807) is 12.1 Å². The van der Waals surface area contributed by atoms with Crippen LogP contribution < -0.4 is 11.1 Å². The van der Waals surface area contributed by atoms with Gasteiger partial charge in [-0.3, -0.25) is 4.79 Å². The van der Waals surface area contributed by atoms with Crippen LogP contribution >= 0.6 is 0 Å². The van der Waals surface area contributed by atoms with Gasteiger partial charge in [-0.05, 0) is 37.1 Å². The zero-order valence-electron chi connectivity index (χ0n) is 11.0. The molecule has 0 heterocycles. The van der Waals surface area contributed by atoms with E-state index in [4.69, 9.17) is 5.73 Å². The normalized spacial score (nSPS) is 10.8. The highest BCUT2D eigenvalue weighted by atomic mass is 19.3. The van der Waals surface area contributed by atoms with Crippen LogP contribution in [0, 0.1) is 13.8 Å². The number of carbonyl (C=O) groups is 1. The minimum atomic E-state index is -2.52. The van der Waals surface area contributed by atoms with Crippen molar-refractivity contribution in [3.63, 3.8) is 0 Å². The lowest BCUT2D eigenvalue weighted by atomic mass is 10.1. The summed E-state index contributed by atoms with van der Waals surface area (Å²) in [6, 6.07) is 3.56. The molecule has 0 aromatic heterocycles. The molecule has 0 bridgehead atoms. The van der Waals surface area contributed by atoms with Crippen LogP contribution in [0.1, 0.15) is 17.5 Å². The Labute approximate surface area is 110 Å². The summed E-state index contributed by atoms with van der Waals surface area (Å²) < 4.78 is 28.2. The molecule has 106 valence electrons. The number of nitrogens with two attached hydrogens (primary N) is 1. The predicted octanol–water partition coefficient (Wildman–Crippen LogP) is 2.50. The van der Waals surface area contributed by atoms with Crippen molar-refractivity contribution in [2.24, 2.45) is 0 Å². The van der Waals surface area contributed by atoms with Crippen LogP contribution in [0.2, 0.25) is 0 Å². The first kappa shape index (κ1) is 15.4. The molecular formula is C13H18F2N2O2. The standard InChI is InChI=1S/C13H18F2N2O2/c1-8-5-10(16)11(6-9(8)2)17-13(18)3-4-19-7-12(14)15/h5-6,12H,3-4,7,16H2,1-2H3,(H,17,18). The maximum absolute atomic E-state index is 11.8. The van der Waals surface area contributed by atoms with E-state index in [9.17, 15) is 13.6 Å². The third kappa shape index (κ3) is 5.21. The summed E-state index contributed by atoms with van der Waals surface area (Å²) in [6.45, 7) is 3.14. The molecule has 0 unspecified atom stereocenters. The highest BCUT2D eigenvalue weighted by molar-refractivity contribution is 5.94. The van der Waals surface area contributed by atoms with Crippen molar-refractivity contribution in [3.05, 3.63) is 23.3 Å². The Hall–Kier alpha value is -1.69. The minimum Gasteiger partial charge on any atom is -0.397 e. The summed E-state index contributed by atoms with van der Waals surface area (Å²) in [5, 5.41) is 2.63. The number of benzene rings is 1. The number of ether oxygens (including phenoxy) is 1. The second kappa shape index (κ2) is 7.04. The largest absolute Gasteiger partial charge is 0.397 e. The van der Waals surface area contributed by atoms with E-state index in [-0.39, 0.29) is 18.9 Å². The number of anilines is 2. The fourth-order valence-electron chi connectivity index (χ4n) is 1.50. The number of nitrogen functional groups attached to an aromatic ring is 1. The molecule has 4 nitrogen and oxygen atoms in total. The average Bonchev–Trinajstić information content (AvgIpc) is 2.31. The second-order valence-corrected chi connectivity index (χ2v) is 4.29. The Morgan fingerprint density at radius 1 is 1.37 bits per heavy atom.